The Kier molecular flexibility index (Phi) is 4.91. The summed E-state index contributed by atoms with van der Waals surface area (Å²) < 4.78 is 27.3. The Bertz CT molecular complexity index is 858. The maximum Gasteiger partial charge on any atom is 0.292 e. The molecule has 2 aromatic carbocycles. The molecular formula is C16H19N3O4S. The molecule has 0 heterocycles. The van der Waals surface area contributed by atoms with Crippen LogP contribution in [0.4, 0.5) is 17.1 Å². The third kappa shape index (κ3) is 4.53. The highest BCUT2D eigenvalue weighted by atomic mass is 32.2. The van der Waals surface area contributed by atoms with Gasteiger partial charge in [0.2, 0.25) is 10.0 Å². The van der Waals surface area contributed by atoms with Gasteiger partial charge in [-0.15, -0.1) is 0 Å². The van der Waals surface area contributed by atoms with E-state index in [-0.39, 0.29) is 10.6 Å². The summed E-state index contributed by atoms with van der Waals surface area (Å²) in [6, 6.07) is 12.3. The molecule has 0 radical (unpaired) electrons. The van der Waals surface area contributed by atoms with Crippen LogP contribution in [-0.2, 0) is 10.0 Å². The molecule has 0 unspecified atom stereocenters. The number of nitro benzene ring substituents is 1. The van der Waals surface area contributed by atoms with E-state index in [9.17, 15) is 18.5 Å². The van der Waals surface area contributed by atoms with Crippen molar-refractivity contribution in [1.29, 1.82) is 0 Å². The predicted molar refractivity (Wildman–Crippen MR) is 92.9 cm³/mol. The number of rotatable bonds is 5. The van der Waals surface area contributed by atoms with E-state index >= 15 is 0 Å². The standard InChI is InChI=1S/C16H19N3O4S/c1-16(2,3)18-24(22,23)13-8-6-7-12(11-13)17-14-9-4-5-10-15(14)19(20)21/h4-11,17-18H,1-3H3. The average Bonchev–Trinajstić information content (AvgIpc) is 2.45. The quantitative estimate of drug-likeness (QED) is 0.636. The normalized spacial score (nSPS) is 12.0. The third-order valence-corrected chi connectivity index (χ3v) is 4.72. The summed E-state index contributed by atoms with van der Waals surface area (Å²) in [4.78, 5) is 10.6. The molecule has 128 valence electrons. The Morgan fingerprint density at radius 2 is 1.71 bits per heavy atom. The summed E-state index contributed by atoms with van der Waals surface area (Å²) in [5.41, 5.74) is 0.0426. The van der Waals surface area contributed by atoms with Crippen LogP contribution in [0.3, 0.4) is 0 Å². The summed E-state index contributed by atoms with van der Waals surface area (Å²) in [6.45, 7) is 5.25. The number of anilines is 2. The molecule has 2 N–H and O–H groups in total. The minimum atomic E-state index is -3.68. The lowest BCUT2D eigenvalue weighted by Crippen LogP contribution is -2.40. The Morgan fingerprint density at radius 1 is 1.04 bits per heavy atom. The van der Waals surface area contributed by atoms with Gasteiger partial charge in [0.25, 0.3) is 5.69 Å². The first-order valence-electron chi connectivity index (χ1n) is 7.23. The van der Waals surface area contributed by atoms with Crippen molar-refractivity contribution in [2.75, 3.05) is 5.32 Å². The number of nitrogens with one attached hydrogen (secondary N) is 2. The van der Waals surface area contributed by atoms with Gasteiger partial charge in [-0.05, 0) is 45.0 Å². The molecule has 0 amide bonds. The fourth-order valence-corrected chi connectivity index (χ4v) is 3.56. The highest BCUT2D eigenvalue weighted by Gasteiger charge is 2.22. The van der Waals surface area contributed by atoms with E-state index in [0.29, 0.717) is 11.4 Å². The maximum atomic E-state index is 12.4. The first-order chi connectivity index (χ1) is 11.1. The van der Waals surface area contributed by atoms with Crippen molar-refractivity contribution in [1.82, 2.24) is 4.72 Å². The molecule has 0 spiro atoms. The zero-order valence-electron chi connectivity index (χ0n) is 13.6. The molecule has 0 aliphatic heterocycles. The highest BCUT2D eigenvalue weighted by Crippen LogP contribution is 2.28. The minimum Gasteiger partial charge on any atom is -0.350 e. The lowest BCUT2D eigenvalue weighted by molar-refractivity contribution is -0.383. The zero-order valence-corrected chi connectivity index (χ0v) is 14.4. The van der Waals surface area contributed by atoms with E-state index in [1.165, 1.54) is 18.2 Å². The third-order valence-electron chi connectivity index (χ3n) is 2.96. The van der Waals surface area contributed by atoms with Crippen molar-refractivity contribution >= 4 is 27.1 Å². The fraction of sp³-hybridized carbons (Fsp3) is 0.250. The van der Waals surface area contributed by atoms with Crippen molar-refractivity contribution in [3.63, 3.8) is 0 Å². The molecule has 0 aliphatic rings. The van der Waals surface area contributed by atoms with E-state index in [2.05, 4.69) is 10.0 Å². The Hall–Kier alpha value is -2.45. The number of nitrogens with zero attached hydrogens (tertiary/aromatic N) is 1. The molecule has 0 fully saturated rings. The van der Waals surface area contributed by atoms with Crippen LogP contribution in [0.2, 0.25) is 0 Å². The second kappa shape index (κ2) is 6.58. The zero-order chi connectivity index (χ0) is 18.0. The van der Waals surface area contributed by atoms with Crippen LogP contribution < -0.4 is 10.0 Å². The predicted octanol–water partition coefficient (Wildman–Crippen LogP) is 3.42. The van der Waals surface area contributed by atoms with Crippen LogP contribution in [0, 0.1) is 10.1 Å². The first kappa shape index (κ1) is 17.9. The van der Waals surface area contributed by atoms with E-state index in [4.69, 9.17) is 0 Å². The molecule has 2 aromatic rings. The van der Waals surface area contributed by atoms with Crippen molar-refractivity contribution in [3.8, 4) is 0 Å². The van der Waals surface area contributed by atoms with E-state index in [1.54, 1.807) is 51.1 Å². The van der Waals surface area contributed by atoms with Gasteiger partial charge in [-0.1, -0.05) is 18.2 Å². The molecule has 0 aliphatic carbocycles. The molecule has 0 atom stereocenters. The highest BCUT2D eigenvalue weighted by molar-refractivity contribution is 7.89. The number of para-hydroxylation sites is 2. The number of hydrogen-bond acceptors (Lipinski definition) is 5. The van der Waals surface area contributed by atoms with Crippen LogP contribution in [0.25, 0.3) is 0 Å². The van der Waals surface area contributed by atoms with E-state index in [1.807, 2.05) is 0 Å². The summed E-state index contributed by atoms with van der Waals surface area (Å²) in [6.07, 6.45) is 0. The van der Waals surface area contributed by atoms with Crippen molar-refractivity contribution in [2.24, 2.45) is 0 Å². The molecule has 0 bridgehead atoms. The van der Waals surface area contributed by atoms with E-state index < -0.39 is 20.5 Å². The van der Waals surface area contributed by atoms with Gasteiger partial charge < -0.3 is 5.32 Å². The van der Waals surface area contributed by atoms with Crippen LogP contribution in [0.15, 0.2) is 53.4 Å². The van der Waals surface area contributed by atoms with Crippen molar-refractivity contribution in [3.05, 3.63) is 58.6 Å². The molecule has 8 heteroatoms. The summed E-state index contributed by atoms with van der Waals surface area (Å²) in [7, 11) is -3.68. The lowest BCUT2D eigenvalue weighted by Gasteiger charge is -2.20. The SMILES string of the molecule is CC(C)(C)NS(=O)(=O)c1cccc(Nc2ccccc2[N+](=O)[O-])c1. The number of benzene rings is 2. The van der Waals surface area contributed by atoms with Crippen LogP contribution in [-0.4, -0.2) is 18.9 Å². The number of hydrogen-bond donors (Lipinski definition) is 2. The molecule has 7 nitrogen and oxygen atoms in total. The van der Waals surface area contributed by atoms with Crippen molar-refractivity contribution < 1.29 is 13.3 Å². The summed E-state index contributed by atoms with van der Waals surface area (Å²) >= 11 is 0. The maximum absolute atomic E-state index is 12.4. The molecular weight excluding hydrogens is 330 g/mol. The Morgan fingerprint density at radius 3 is 2.33 bits per heavy atom. The lowest BCUT2D eigenvalue weighted by atomic mass is 10.1. The second-order valence-electron chi connectivity index (χ2n) is 6.28. The van der Waals surface area contributed by atoms with Gasteiger partial charge in [-0.3, -0.25) is 10.1 Å². The van der Waals surface area contributed by atoms with Crippen LogP contribution in [0.5, 0.6) is 0 Å². The molecule has 0 aromatic heterocycles. The topological polar surface area (TPSA) is 101 Å². The van der Waals surface area contributed by atoms with Crippen LogP contribution in [0.1, 0.15) is 20.8 Å². The van der Waals surface area contributed by atoms with Gasteiger partial charge in [0, 0.05) is 17.3 Å². The van der Waals surface area contributed by atoms with Gasteiger partial charge >= 0.3 is 0 Å². The summed E-state index contributed by atoms with van der Waals surface area (Å²) in [5.74, 6) is 0. The fourth-order valence-electron chi connectivity index (χ4n) is 2.10. The molecule has 0 saturated heterocycles. The van der Waals surface area contributed by atoms with E-state index in [0.717, 1.165) is 0 Å². The number of nitro groups is 1. The Balaban J connectivity index is 2.34. The van der Waals surface area contributed by atoms with Gasteiger partial charge in [-0.25, -0.2) is 13.1 Å². The minimum absolute atomic E-state index is 0.0843. The smallest absolute Gasteiger partial charge is 0.292 e. The van der Waals surface area contributed by atoms with Gasteiger partial charge in [-0.2, -0.15) is 0 Å². The second-order valence-corrected chi connectivity index (χ2v) is 7.96. The van der Waals surface area contributed by atoms with Gasteiger partial charge in [0.1, 0.15) is 5.69 Å². The summed E-state index contributed by atoms with van der Waals surface area (Å²) in [5, 5.41) is 13.9. The average molecular weight is 349 g/mol. The first-order valence-corrected chi connectivity index (χ1v) is 8.71. The monoisotopic (exact) mass is 349 g/mol. The molecule has 0 saturated carbocycles. The largest absolute Gasteiger partial charge is 0.350 e. The van der Waals surface area contributed by atoms with Gasteiger partial charge in [0.05, 0.1) is 9.82 Å². The van der Waals surface area contributed by atoms with Crippen LogP contribution >= 0.6 is 0 Å². The van der Waals surface area contributed by atoms with Crippen molar-refractivity contribution in [2.45, 2.75) is 31.2 Å². The molecule has 2 rings (SSSR count). The molecule has 24 heavy (non-hydrogen) atoms. The number of sulfonamides is 1. The van der Waals surface area contributed by atoms with Gasteiger partial charge in [0.15, 0.2) is 0 Å². The Labute approximate surface area is 140 Å².